The lowest BCUT2D eigenvalue weighted by molar-refractivity contribution is 0.0991. The van der Waals surface area contributed by atoms with Crippen molar-refractivity contribution in [2.24, 2.45) is 5.73 Å². The van der Waals surface area contributed by atoms with Gasteiger partial charge in [-0.15, -0.1) is 12.4 Å². The molecule has 126 valence electrons. The SMILES string of the molecule is CCn1nc(C)cc1C(=O)Nn1cnc2cc(C(N)=O)ccc21.Cl. The summed E-state index contributed by atoms with van der Waals surface area (Å²) in [5, 5.41) is 4.25. The molecule has 0 unspecified atom stereocenters. The van der Waals surface area contributed by atoms with E-state index in [4.69, 9.17) is 5.73 Å². The summed E-state index contributed by atoms with van der Waals surface area (Å²) in [6, 6.07) is 6.59. The van der Waals surface area contributed by atoms with Gasteiger partial charge in [-0.05, 0) is 38.1 Å². The minimum atomic E-state index is -0.521. The third-order valence-electron chi connectivity index (χ3n) is 3.49. The molecule has 0 saturated carbocycles. The van der Waals surface area contributed by atoms with Crippen LogP contribution in [-0.2, 0) is 6.54 Å². The third-order valence-corrected chi connectivity index (χ3v) is 3.49. The fourth-order valence-electron chi connectivity index (χ4n) is 2.39. The van der Waals surface area contributed by atoms with E-state index in [1.54, 1.807) is 28.9 Å². The second-order valence-corrected chi connectivity index (χ2v) is 5.11. The number of benzene rings is 1. The molecule has 0 aliphatic rings. The number of hydrogen-bond acceptors (Lipinski definition) is 4. The zero-order valence-corrected chi connectivity index (χ0v) is 14.0. The summed E-state index contributed by atoms with van der Waals surface area (Å²) in [7, 11) is 0. The minimum Gasteiger partial charge on any atom is -0.366 e. The summed E-state index contributed by atoms with van der Waals surface area (Å²) in [5.74, 6) is -0.807. The standard InChI is InChI=1S/C15H16N6O2.ClH/c1-3-20-13(6-9(2)18-20)15(23)19-21-8-17-11-7-10(14(16)22)4-5-12(11)21;/h4-8H,3H2,1-2H3,(H2,16,22)(H,19,23);1H. The number of rotatable bonds is 4. The van der Waals surface area contributed by atoms with E-state index in [1.165, 1.54) is 11.0 Å². The molecule has 0 atom stereocenters. The van der Waals surface area contributed by atoms with Gasteiger partial charge < -0.3 is 5.73 Å². The topological polar surface area (TPSA) is 108 Å². The number of imidazole rings is 1. The molecule has 3 aromatic rings. The lowest BCUT2D eigenvalue weighted by Gasteiger charge is -2.08. The van der Waals surface area contributed by atoms with Crippen molar-refractivity contribution in [2.45, 2.75) is 20.4 Å². The highest BCUT2D eigenvalue weighted by molar-refractivity contribution is 6.00. The van der Waals surface area contributed by atoms with Crippen molar-refractivity contribution in [2.75, 3.05) is 5.43 Å². The van der Waals surface area contributed by atoms with E-state index in [2.05, 4.69) is 15.5 Å². The van der Waals surface area contributed by atoms with Gasteiger partial charge in [-0.2, -0.15) is 5.10 Å². The van der Waals surface area contributed by atoms with Crippen molar-refractivity contribution < 1.29 is 9.59 Å². The zero-order chi connectivity index (χ0) is 16.6. The van der Waals surface area contributed by atoms with Crippen LogP contribution in [0.5, 0.6) is 0 Å². The predicted molar refractivity (Wildman–Crippen MR) is 91.8 cm³/mol. The van der Waals surface area contributed by atoms with Crippen molar-refractivity contribution in [3.63, 3.8) is 0 Å². The van der Waals surface area contributed by atoms with Gasteiger partial charge in [0.25, 0.3) is 5.91 Å². The molecule has 24 heavy (non-hydrogen) atoms. The number of nitrogens with zero attached hydrogens (tertiary/aromatic N) is 4. The highest BCUT2D eigenvalue weighted by Gasteiger charge is 2.15. The molecule has 0 bridgehead atoms. The summed E-state index contributed by atoms with van der Waals surface area (Å²) in [6.45, 7) is 4.35. The van der Waals surface area contributed by atoms with Crippen LogP contribution in [0.25, 0.3) is 11.0 Å². The fraction of sp³-hybridized carbons (Fsp3) is 0.200. The first kappa shape index (κ1) is 17.5. The molecule has 0 aliphatic carbocycles. The average molecular weight is 349 g/mol. The van der Waals surface area contributed by atoms with Gasteiger partial charge in [-0.1, -0.05) is 0 Å². The number of hydrogen-bond donors (Lipinski definition) is 2. The number of nitrogens with two attached hydrogens (primary N) is 1. The molecule has 1 aromatic carbocycles. The van der Waals surface area contributed by atoms with Gasteiger partial charge >= 0.3 is 0 Å². The molecule has 0 saturated heterocycles. The van der Waals surface area contributed by atoms with Crippen molar-refractivity contribution in [1.82, 2.24) is 19.4 Å². The minimum absolute atomic E-state index is 0. The Morgan fingerprint density at radius 1 is 1.29 bits per heavy atom. The molecular formula is C15H17ClN6O2. The van der Waals surface area contributed by atoms with Crippen LogP contribution in [0.1, 0.15) is 33.5 Å². The Bertz CT molecular complexity index is 914. The molecule has 0 spiro atoms. The van der Waals surface area contributed by atoms with Crippen LogP contribution in [0.3, 0.4) is 0 Å². The Labute approximate surface area is 144 Å². The fourth-order valence-corrected chi connectivity index (χ4v) is 2.39. The second-order valence-electron chi connectivity index (χ2n) is 5.11. The van der Waals surface area contributed by atoms with E-state index < -0.39 is 5.91 Å². The van der Waals surface area contributed by atoms with Gasteiger partial charge in [0.05, 0.1) is 16.7 Å². The number of nitrogens with one attached hydrogen (secondary N) is 1. The maximum Gasteiger partial charge on any atom is 0.288 e. The first-order valence-electron chi connectivity index (χ1n) is 7.12. The van der Waals surface area contributed by atoms with Gasteiger partial charge in [0, 0.05) is 12.1 Å². The Kier molecular flexibility index (Phi) is 4.89. The van der Waals surface area contributed by atoms with E-state index in [0.717, 1.165) is 5.69 Å². The van der Waals surface area contributed by atoms with Crippen molar-refractivity contribution in [3.05, 3.63) is 47.5 Å². The van der Waals surface area contributed by atoms with Crippen LogP contribution >= 0.6 is 12.4 Å². The Balaban J connectivity index is 0.00000208. The van der Waals surface area contributed by atoms with E-state index in [0.29, 0.717) is 28.8 Å². The number of amides is 2. The maximum absolute atomic E-state index is 12.4. The molecule has 2 amide bonds. The molecule has 2 heterocycles. The van der Waals surface area contributed by atoms with Crippen molar-refractivity contribution in [1.29, 1.82) is 0 Å². The van der Waals surface area contributed by atoms with Gasteiger partial charge in [0.15, 0.2) is 0 Å². The largest absolute Gasteiger partial charge is 0.366 e. The Morgan fingerprint density at radius 2 is 2.04 bits per heavy atom. The number of carbonyl (C=O) groups excluding carboxylic acids is 2. The van der Waals surface area contributed by atoms with Gasteiger partial charge in [0.2, 0.25) is 5.91 Å². The summed E-state index contributed by atoms with van der Waals surface area (Å²) >= 11 is 0. The van der Waals surface area contributed by atoms with Gasteiger partial charge in [-0.25, -0.2) is 9.66 Å². The third kappa shape index (κ3) is 3.09. The van der Waals surface area contributed by atoms with Crippen LogP contribution in [0.4, 0.5) is 0 Å². The van der Waals surface area contributed by atoms with Crippen molar-refractivity contribution in [3.8, 4) is 0 Å². The number of halogens is 1. The van der Waals surface area contributed by atoms with Crippen LogP contribution < -0.4 is 11.2 Å². The Hall–Kier alpha value is -2.87. The smallest absolute Gasteiger partial charge is 0.288 e. The number of aromatic nitrogens is 4. The molecule has 2 aromatic heterocycles. The highest BCUT2D eigenvalue weighted by atomic mass is 35.5. The predicted octanol–water partition coefficient (Wildman–Crippen LogP) is 1.47. The monoisotopic (exact) mass is 348 g/mol. The Morgan fingerprint density at radius 3 is 2.71 bits per heavy atom. The van der Waals surface area contributed by atoms with Crippen LogP contribution in [0, 0.1) is 6.92 Å². The number of primary amides is 1. The summed E-state index contributed by atoms with van der Waals surface area (Å²) in [5.41, 5.74) is 10.9. The quantitative estimate of drug-likeness (QED) is 0.744. The maximum atomic E-state index is 12.4. The van der Waals surface area contributed by atoms with Gasteiger partial charge in [0.1, 0.15) is 12.0 Å². The first-order valence-corrected chi connectivity index (χ1v) is 7.12. The molecule has 0 fully saturated rings. The van der Waals surface area contributed by atoms with E-state index in [9.17, 15) is 9.59 Å². The average Bonchev–Trinajstić information content (AvgIpc) is 3.10. The lowest BCUT2D eigenvalue weighted by atomic mass is 10.2. The van der Waals surface area contributed by atoms with Gasteiger partial charge in [-0.3, -0.25) is 19.7 Å². The lowest BCUT2D eigenvalue weighted by Crippen LogP contribution is -2.24. The van der Waals surface area contributed by atoms with Crippen LogP contribution in [0.15, 0.2) is 30.6 Å². The number of carbonyl (C=O) groups is 2. The molecule has 3 N–H and O–H groups in total. The molecule has 3 rings (SSSR count). The second kappa shape index (κ2) is 6.71. The summed E-state index contributed by atoms with van der Waals surface area (Å²) < 4.78 is 3.14. The van der Waals surface area contributed by atoms with E-state index in [-0.39, 0.29) is 18.3 Å². The zero-order valence-electron chi connectivity index (χ0n) is 13.2. The van der Waals surface area contributed by atoms with Crippen LogP contribution in [0.2, 0.25) is 0 Å². The number of aryl methyl sites for hydroxylation is 2. The molecule has 8 nitrogen and oxygen atoms in total. The van der Waals surface area contributed by atoms with Crippen molar-refractivity contribution >= 4 is 35.3 Å². The normalized spacial score (nSPS) is 10.4. The molecular weight excluding hydrogens is 332 g/mol. The van der Waals surface area contributed by atoms with E-state index >= 15 is 0 Å². The van der Waals surface area contributed by atoms with E-state index in [1.807, 2.05) is 13.8 Å². The summed E-state index contributed by atoms with van der Waals surface area (Å²) in [4.78, 5) is 27.8. The number of fused-ring (bicyclic) bond motifs is 1. The first-order chi connectivity index (χ1) is 11.0. The van der Waals surface area contributed by atoms with Crippen LogP contribution in [-0.4, -0.2) is 31.3 Å². The summed E-state index contributed by atoms with van der Waals surface area (Å²) in [6.07, 6.45) is 1.48. The highest BCUT2D eigenvalue weighted by Crippen LogP contribution is 2.14. The molecule has 0 radical (unpaired) electrons. The molecule has 0 aliphatic heterocycles. The molecule has 9 heteroatoms.